The molecule has 0 radical (unpaired) electrons. The van der Waals surface area contributed by atoms with Gasteiger partial charge in [0.1, 0.15) is 23.2 Å². The van der Waals surface area contributed by atoms with Gasteiger partial charge in [0.2, 0.25) is 0 Å². The fourth-order valence-electron chi connectivity index (χ4n) is 2.80. The summed E-state index contributed by atoms with van der Waals surface area (Å²) in [6.07, 6.45) is -0.202. The van der Waals surface area contributed by atoms with Gasteiger partial charge in [-0.3, -0.25) is 0 Å². The maximum atomic E-state index is 13.9. The Morgan fingerprint density at radius 2 is 2.15 bits per heavy atom. The van der Waals surface area contributed by atoms with Gasteiger partial charge in [0, 0.05) is 12.2 Å². The van der Waals surface area contributed by atoms with Gasteiger partial charge < -0.3 is 15.5 Å². The van der Waals surface area contributed by atoms with Gasteiger partial charge in [0.25, 0.3) is 0 Å². The standard InChI is InChI=1S/C19H18ClFN4O/c1-3-26-10(2)17(23)19-24-15-7-6-13(16(20)18(15)25-19)11-4-5-12(9-22)14(21)8-11/h4-8,10,17H,3,23H2,1-2H3,(H,24,25)/t10-,17+/m1/s1. The highest BCUT2D eigenvalue weighted by atomic mass is 35.5. The number of halogens is 2. The molecule has 0 unspecified atom stereocenters. The molecule has 0 aliphatic rings. The van der Waals surface area contributed by atoms with E-state index in [2.05, 4.69) is 9.97 Å². The number of aromatic nitrogens is 2. The van der Waals surface area contributed by atoms with Gasteiger partial charge in [0.15, 0.2) is 0 Å². The first-order valence-corrected chi connectivity index (χ1v) is 8.59. The van der Waals surface area contributed by atoms with E-state index in [0.717, 1.165) is 5.52 Å². The Balaban J connectivity index is 2.04. The summed E-state index contributed by atoms with van der Waals surface area (Å²) in [5.74, 6) is -0.0116. The van der Waals surface area contributed by atoms with Crippen LogP contribution in [0.15, 0.2) is 30.3 Å². The minimum absolute atomic E-state index is 0.0103. The zero-order valence-electron chi connectivity index (χ0n) is 14.4. The van der Waals surface area contributed by atoms with Gasteiger partial charge in [-0.1, -0.05) is 23.7 Å². The van der Waals surface area contributed by atoms with Gasteiger partial charge in [-0.15, -0.1) is 0 Å². The van der Waals surface area contributed by atoms with Crippen LogP contribution in [0.4, 0.5) is 4.39 Å². The predicted octanol–water partition coefficient (Wildman–Crippen LogP) is 4.32. The van der Waals surface area contributed by atoms with Gasteiger partial charge in [-0.2, -0.15) is 5.26 Å². The van der Waals surface area contributed by atoms with Crippen LogP contribution in [-0.4, -0.2) is 22.7 Å². The largest absolute Gasteiger partial charge is 0.377 e. The molecule has 0 bridgehead atoms. The van der Waals surface area contributed by atoms with Crippen molar-refractivity contribution in [1.29, 1.82) is 5.26 Å². The van der Waals surface area contributed by atoms with E-state index in [4.69, 9.17) is 27.3 Å². The van der Waals surface area contributed by atoms with Crippen molar-refractivity contribution in [3.63, 3.8) is 0 Å². The van der Waals surface area contributed by atoms with Crippen molar-refractivity contribution in [1.82, 2.24) is 9.97 Å². The van der Waals surface area contributed by atoms with E-state index >= 15 is 0 Å². The highest BCUT2D eigenvalue weighted by Crippen LogP contribution is 2.34. The first-order valence-electron chi connectivity index (χ1n) is 8.21. The Morgan fingerprint density at radius 3 is 2.81 bits per heavy atom. The zero-order valence-corrected chi connectivity index (χ0v) is 15.1. The monoisotopic (exact) mass is 372 g/mol. The van der Waals surface area contributed by atoms with Crippen LogP contribution in [0.2, 0.25) is 5.02 Å². The third-order valence-electron chi connectivity index (χ3n) is 4.26. The molecule has 1 heterocycles. The third-order valence-corrected chi connectivity index (χ3v) is 4.65. The molecule has 0 aliphatic carbocycles. The molecule has 0 saturated carbocycles. The Kier molecular flexibility index (Phi) is 5.23. The van der Waals surface area contributed by atoms with Crippen LogP contribution in [0, 0.1) is 17.1 Å². The lowest BCUT2D eigenvalue weighted by atomic mass is 10.0. The van der Waals surface area contributed by atoms with Gasteiger partial charge in [-0.25, -0.2) is 9.37 Å². The maximum Gasteiger partial charge on any atom is 0.141 e. The van der Waals surface area contributed by atoms with Gasteiger partial charge in [-0.05, 0) is 37.6 Å². The average molecular weight is 373 g/mol. The molecular formula is C19H18ClFN4O. The number of ether oxygens (including phenoxy) is 1. The van der Waals surface area contributed by atoms with Crippen LogP contribution < -0.4 is 5.73 Å². The fourth-order valence-corrected chi connectivity index (χ4v) is 3.12. The second kappa shape index (κ2) is 7.42. The topological polar surface area (TPSA) is 87.7 Å². The van der Waals surface area contributed by atoms with E-state index in [0.29, 0.717) is 34.1 Å². The SMILES string of the molecule is CCO[C@H](C)[C@H](N)c1nc2c(Cl)c(-c3ccc(C#N)c(F)c3)ccc2[nH]1. The molecule has 3 N–H and O–H groups in total. The van der Waals surface area contributed by atoms with Crippen molar-refractivity contribution in [2.24, 2.45) is 5.73 Å². The Morgan fingerprint density at radius 1 is 1.38 bits per heavy atom. The highest BCUT2D eigenvalue weighted by molar-refractivity contribution is 6.37. The van der Waals surface area contributed by atoms with Crippen LogP contribution in [0.3, 0.4) is 0 Å². The molecule has 1 aromatic heterocycles. The number of hydrogen-bond donors (Lipinski definition) is 2. The Bertz CT molecular complexity index is 995. The zero-order chi connectivity index (χ0) is 18.8. The molecule has 0 saturated heterocycles. The minimum atomic E-state index is -0.587. The van der Waals surface area contributed by atoms with E-state index < -0.39 is 11.9 Å². The summed E-state index contributed by atoms with van der Waals surface area (Å²) in [6.45, 7) is 4.35. The number of hydrogen-bond acceptors (Lipinski definition) is 4. The van der Waals surface area contributed by atoms with E-state index in [1.54, 1.807) is 18.2 Å². The van der Waals surface area contributed by atoms with E-state index in [1.165, 1.54) is 12.1 Å². The normalized spacial score (nSPS) is 13.5. The van der Waals surface area contributed by atoms with Crippen LogP contribution in [0.1, 0.15) is 31.3 Å². The molecule has 2 aromatic carbocycles. The van der Waals surface area contributed by atoms with E-state index in [-0.39, 0.29) is 11.7 Å². The van der Waals surface area contributed by atoms with Crippen molar-refractivity contribution in [3.8, 4) is 17.2 Å². The maximum absolute atomic E-state index is 13.9. The molecule has 3 rings (SSSR count). The van der Waals surface area contributed by atoms with Gasteiger partial charge in [0.05, 0.1) is 28.2 Å². The van der Waals surface area contributed by atoms with Crippen LogP contribution in [0.5, 0.6) is 0 Å². The number of imidazole rings is 1. The molecular weight excluding hydrogens is 355 g/mol. The molecule has 5 nitrogen and oxygen atoms in total. The van der Waals surface area contributed by atoms with Crippen molar-refractivity contribution in [2.75, 3.05) is 6.61 Å². The van der Waals surface area contributed by atoms with E-state index in [1.807, 2.05) is 19.9 Å². The molecule has 3 aromatic rings. The number of aromatic amines is 1. The van der Waals surface area contributed by atoms with Crippen molar-refractivity contribution in [3.05, 3.63) is 52.6 Å². The molecule has 0 aliphatic heterocycles. The fraction of sp³-hybridized carbons (Fsp3) is 0.263. The summed E-state index contributed by atoms with van der Waals surface area (Å²) < 4.78 is 19.5. The second-order valence-electron chi connectivity index (χ2n) is 5.94. The summed E-state index contributed by atoms with van der Waals surface area (Å²) in [5.41, 5.74) is 8.69. The summed E-state index contributed by atoms with van der Waals surface area (Å²) in [5, 5.41) is 9.26. The highest BCUT2D eigenvalue weighted by Gasteiger charge is 2.20. The summed E-state index contributed by atoms with van der Waals surface area (Å²) in [4.78, 5) is 7.69. The van der Waals surface area contributed by atoms with E-state index in [9.17, 15) is 4.39 Å². The number of nitriles is 1. The number of nitrogens with two attached hydrogens (primary N) is 1. The molecule has 0 fully saturated rings. The Labute approximate surface area is 155 Å². The third kappa shape index (κ3) is 3.29. The lowest BCUT2D eigenvalue weighted by Gasteiger charge is -2.17. The van der Waals surface area contributed by atoms with Crippen LogP contribution >= 0.6 is 11.6 Å². The molecule has 26 heavy (non-hydrogen) atoms. The quantitative estimate of drug-likeness (QED) is 0.698. The predicted molar refractivity (Wildman–Crippen MR) is 99.2 cm³/mol. The number of nitrogens with zero attached hydrogens (tertiary/aromatic N) is 2. The number of fused-ring (bicyclic) bond motifs is 1. The smallest absolute Gasteiger partial charge is 0.141 e. The van der Waals surface area contributed by atoms with Gasteiger partial charge >= 0.3 is 0 Å². The van der Waals surface area contributed by atoms with Crippen molar-refractivity contribution < 1.29 is 9.13 Å². The minimum Gasteiger partial charge on any atom is -0.377 e. The second-order valence-corrected chi connectivity index (χ2v) is 6.32. The average Bonchev–Trinajstić information content (AvgIpc) is 3.06. The summed E-state index contributed by atoms with van der Waals surface area (Å²) in [7, 11) is 0. The van der Waals surface area contributed by atoms with Crippen molar-refractivity contribution in [2.45, 2.75) is 26.0 Å². The number of nitrogens with one attached hydrogen (secondary N) is 1. The number of H-pyrrole nitrogens is 1. The summed E-state index contributed by atoms with van der Waals surface area (Å²) in [6, 6.07) is 9.37. The molecule has 134 valence electrons. The molecule has 0 spiro atoms. The summed E-state index contributed by atoms with van der Waals surface area (Å²) >= 11 is 6.52. The van der Waals surface area contributed by atoms with Crippen LogP contribution in [0.25, 0.3) is 22.2 Å². The molecule has 7 heteroatoms. The molecule has 2 atom stereocenters. The lowest BCUT2D eigenvalue weighted by molar-refractivity contribution is 0.0557. The number of rotatable bonds is 5. The Hall–Kier alpha value is -2.46. The lowest BCUT2D eigenvalue weighted by Crippen LogP contribution is -2.27. The molecule has 0 amide bonds. The van der Waals surface area contributed by atoms with Crippen LogP contribution in [-0.2, 0) is 4.74 Å². The number of benzene rings is 2. The first-order chi connectivity index (χ1) is 12.5. The first kappa shape index (κ1) is 18.3. The van der Waals surface area contributed by atoms with Crippen molar-refractivity contribution >= 4 is 22.6 Å².